The number of halogens is 1. The quantitative estimate of drug-likeness (QED) is 0.860. The van der Waals surface area contributed by atoms with E-state index in [1.807, 2.05) is 19.9 Å². The number of benzene rings is 1. The third-order valence-corrected chi connectivity index (χ3v) is 6.87. The van der Waals surface area contributed by atoms with Crippen molar-refractivity contribution in [2.24, 2.45) is 17.8 Å². The van der Waals surface area contributed by atoms with E-state index in [9.17, 15) is 9.59 Å². The van der Waals surface area contributed by atoms with Crippen LogP contribution in [0.15, 0.2) is 23.0 Å². The number of aromatic nitrogens is 2. The highest BCUT2D eigenvalue weighted by Gasteiger charge is 2.48. The molecular formula is C20H25ClN4O2. The average molecular weight is 389 g/mol. The summed E-state index contributed by atoms with van der Waals surface area (Å²) in [6, 6.07) is 5.09. The number of nitrogens with one attached hydrogen (secondary N) is 1. The molecule has 4 bridgehead atoms. The van der Waals surface area contributed by atoms with Gasteiger partial charge in [-0.2, -0.15) is 0 Å². The maximum atomic E-state index is 13.2. The Kier molecular flexibility index (Phi) is 3.92. The Labute approximate surface area is 163 Å². The SMILES string of the molecule is CC(C)n1c(=O)n(C(=O)NC2C3CC4CC2CN(C4)C3)c2cc(Cl)ccc21. The summed E-state index contributed by atoms with van der Waals surface area (Å²) in [5.41, 5.74) is 1.02. The number of carbonyl (C=O) groups excluding carboxylic acids is 1. The van der Waals surface area contributed by atoms with E-state index in [0.29, 0.717) is 22.4 Å². The lowest BCUT2D eigenvalue weighted by Gasteiger charge is -2.55. The molecule has 144 valence electrons. The minimum atomic E-state index is -0.320. The van der Waals surface area contributed by atoms with E-state index < -0.39 is 0 Å². The van der Waals surface area contributed by atoms with Crippen LogP contribution in [0.1, 0.15) is 32.7 Å². The van der Waals surface area contributed by atoms with Crippen molar-refractivity contribution in [2.75, 3.05) is 19.6 Å². The monoisotopic (exact) mass is 388 g/mol. The van der Waals surface area contributed by atoms with Crippen molar-refractivity contribution in [3.63, 3.8) is 0 Å². The van der Waals surface area contributed by atoms with Crippen molar-refractivity contribution in [3.05, 3.63) is 33.7 Å². The van der Waals surface area contributed by atoms with E-state index in [-0.39, 0.29) is 23.8 Å². The standard InChI is InChI=1S/C20H25ClN4O2/c1-11(2)24-16-4-3-15(21)7-17(16)25(20(24)27)19(26)22-18-13-5-12-6-14(18)10-23(8-12)9-13/h3-4,7,11-14,18H,5-6,8-10H2,1-2H3,(H,22,26). The zero-order chi connectivity index (χ0) is 18.9. The van der Waals surface area contributed by atoms with E-state index in [1.54, 1.807) is 16.7 Å². The molecule has 1 aliphatic carbocycles. The van der Waals surface area contributed by atoms with Gasteiger partial charge >= 0.3 is 11.7 Å². The van der Waals surface area contributed by atoms with Gasteiger partial charge in [-0.25, -0.2) is 14.2 Å². The number of hydrogen-bond acceptors (Lipinski definition) is 3. The highest BCUT2D eigenvalue weighted by molar-refractivity contribution is 6.31. The van der Waals surface area contributed by atoms with Crippen LogP contribution in [0.3, 0.4) is 0 Å². The van der Waals surface area contributed by atoms with Crippen molar-refractivity contribution in [1.82, 2.24) is 19.4 Å². The molecule has 27 heavy (non-hydrogen) atoms. The Hall–Kier alpha value is -1.79. The Bertz CT molecular complexity index is 948. The van der Waals surface area contributed by atoms with Gasteiger partial charge in [0.05, 0.1) is 11.0 Å². The Balaban J connectivity index is 1.52. The molecule has 2 unspecified atom stereocenters. The van der Waals surface area contributed by atoms with Gasteiger partial charge < -0.3 is 10.2 Å². The lowest BCUT2D eigenvalue weighted by molar-refractivity contribution is -0.0405. The fourth-order valence-electron chi connectivity index (χ4n) is 5.74. The van der Waals surface area contributed by atoms with E-state index in [0.717, 1.165) is 24.5 Å². The maximum Gasteiger partial charge on any atom is 0.337 e. The summed E-state index contributed by atoms with van der Waals surface area (Å²) in [6.45, 7) is 7.24. The average Bonchev–Trinajstić information content (AvgIpc) is 2.88. The van der Waals surface area contributed by atoms with Gasteiger partial charge in [0, 0.05) is 36.7 Å². The molecule has 4 fully saturated rings. The van der Waals surface area contributed by atoms with E-state index >= 15 is 0 Å². The largest absolute Gasteiger partial charge is 0.337 e. The number of hydrogen-bond donors (Lipinski definition) is 1. The normalized spacial score (nSPS) is 31.8. The maximum absolute atomic E-state index is 13.2. The van der Waals surface area contributed by atoms with Crippen LogP contribution in [0.25, 0.3) is 11.0 Å². The molecule has 1 saturated carbocycles. The molecule has 2 aromatic rings. The van der Waals surface area contributed by atoms with Crippen LogP contribution < -0.4 is 11.0 Å². The summed E-state index contributed by atoms with van der Waals surface area (Å²) in [4.78, 5) is 28.8. The van der Waals surface area contributed by atoms with Gasteiger partial charge in [0.1, 0.15) is 0 Å². The van der Waals surface area contributed by atoms with Gasteiger partial charge in [0.25, 0.3) is 0 Å². The number of amides is 1. The van der Waals surface area contributed by atoms with Crippen molar-refractivity contribution >= 4 is 28.7 Å². The molecule has 1 aromatic heterocycles. The first kappa shape index (κ1) is 17.3. The predicted octanol–water partition coefficient (Wildman–Crippen LogP) is 2.94. The zero-order valence-electron chi connectivity index (χ0n) is 15.7. The summed E-state index contributed by atoms with van der Waals surface area (Å²) < 4.78 is 2.93. The van der Waals surface area contributed by atoms with E-state index in [2.05, 4.69) is 10.2 Å². The third-order valence-electron chi connectivity index (χ3n) is 6.63. The third kappa shape index (κ3) is 2.64. The molecular weight excluding hydrogens is 364 g/mol. The van der Waals surface area contributed by atoms with Crippen LogP contribution in [0, 0.1) is 17.8 Å². The molecule has 4 heterocycles. The highest BCUT2D eigenvalue weighted by Crippen LogP contribution is 2.43. The molecule has 1 N–H and O–H groups in total. The molecule has 3 saturated heterocycles. The lowest BCUT2D eigenvalue weighted by atomic mass is 9.65. The summed E-state index contributed by atoms with van der Waals surface area (Å²) in [6.07, 6.45) is 2.37. The van der Waals surface area contributed by atoms with Crippen LogP contribution in [-0.4, -0.2) is 45.7 Å². The second kappa shape index (κ2) is 6.11. The molecule has 0 radical (unpaired) electrons. The van der Waals surface area contributed by atoms with Crippen LogP contribution in [-0.2, 0) is 0 Å². The Morgan fingerprint density at radius 1 is 1.15 bits per heavy atom. The van der Waals surface area contributed by atoms with Gasteiger partial charge in [-0.3, -0.25) is 4.57 Å². The molecule has 1 amide bonds. The van der Waals surface area contributed by atoms with Gasteiger partial charge in [-0.1, -0.05) is 11.6 Å². The second-order valence-electron chi connectivity index (χ2n) is 8.77. The number of rotatable bonds is 2. The minimum Gasteiger partial charge on any atom is -0.334 e. The second-order valence-corrected chi connectivity index (χ2v) is 9.20. The molecule has 3 aliphatic heterocycles. The number of piperidine rings is 3. The molecule has 2 atom stereocenters. The number of fused-ring (bicyclic) bond motifs is 1. The molecule has 6 rings (SSSR count). The molecule has 4 aliphatic rings. The number of imidazole rings is 1. The van der Waals surface area contributed by atoms with Crippen molar-refractivity contribution < 1.29 is 4.79 Å². The van der Waals surface area contributed by atoms with Gasteiger partial charge in [-0.15, -0.1) is 0 Å². The zero-order valence-corrected chi connectivity index (χ0v) is 16.4. The van der Waals surface area contributed by atoms with Gasteiger partial charge in [-0.05, 0) is 62.6 Å². The first-order chi connectivity index (χ1) is 12.9. The fourth-order valence-corrected chi connectivity index (χ4v) is 5.91. The molecule has 0 spiro atoms. The predicted molar refractivity (Wildman–Crippen MR) is 105 cm³/mol. The first-order valence-corrected chi connectivity index (χ1v) is 10.3. The van der Waals surface area contributed by atoms with Crippen LogP contribution >= 0.6 is 11.6 Å². The smallest absolute Gasteiger partial charge is 0.334 e. The highest BCUT2D eigenvalue weighted by atomic mass is 35.5. The summed E-state index contributed by atoms with van der Waals surface area (Å²) in [5, 5.41) is 3.74. The van der Waals surface area contributed by atoms with E-state index in [1.165, 1.54) is 24.0 Å². The van der Waals surface area contributed by atoms with Crippen molar-refractivity contribution in [1.29, 1.82) is 0 Å². The van der Waals surface area contributed by atoms with Gasteiger partial charge in [0.15, 0.2) is 0 Å². The summed E-state index contributed by atoms with van der Waals surface area (Å²) in [7, 11) is 0. The summed E-state index contributed by atoms with van der Waals surface area (Å²) >= 11 is 6.17. The van der Waals surface area contributed by atoms with Crippen molar-refractivity contribution in [3.8, 4) is 0 Å². The minimum absolute atomic E-state index is 0.0378. The van der Waals surface area contributed by atoms with Crippen LogP contribution in [0.2, 0.25) is 5.02 Å². The Morgan fingerprint density at radius 2 is 1.85 bits per heavy atom. The topological polar surface area (TPSA) is 59.3 Å². The fraction of sp³-hybridized carbons (Fsp3) is 0.600. The van der Waals surface area contributed by atoms with Crippen LogP contribution in [0.4, 0.5) is 4.79 Å². The Morgan fingerprint density at radius 3 is 2.48 bits per heavy atom. The lowest BCUT2D eigenvalue weighted by Crippen LogP contribution is -2.65. The van der Waals surface area contributed by atoms with E-state index in [4.69, 9.17) is 11.6 Å². The number of nitrogens with zero attached hydrogens (tertiary/aromatic N) is 3. The molecule has 6 nitrogen and oxygen atoms in total. The summed E-state index contributed by atoms with van der Waals surface area (Å²) in [5.74, 6) is 1.77. The molecule has 1 aromatic carbocycles. The van der Waals surface area contributed by atoms with Crippen molar-refractivity contribution in [2.45, 2.75) is 38.8 Å². The number of carbonyl (C=O) groups is 1. The first-order valence-electron chi connectivity index (χ1n) is 9.88. The van der Waals surface area contributed by atoms with Gasteiger partial charge in [0.2, 0.25) is 0 Å². The molecule has 7 heteroatoms. The van der Waals surface area contributed by atoms with Crippen LogP contribution in [0.5, 0.6) is 0 Å².